The smallest absolute Gasteiger partial charge is 0.206 e. The number of hydrogen-bond acceptors (Lipinski definition) is 2. The molecule has 1 aliphatic rings. The Bertz CT molecular complexity index is 260. The van der Waals surface area contributed by atoms with Gasteiger partial charge in [-0.1, -0.05) is 25.5 Å². The topological polar surface area (TPSA) is 63.3 Å². The standard InChI is InChI=1S/C9H18NO2P/c1-7(2)13(11,12)6-8-3-4-9(10)5-8/h5,7,9H,3-4,6,10H2,1-2H3,(H,11,12). The van der Waals surface area contributed by atoms with Gasteiger partial charge in [0.1, 0.15) is 0 Å². The predicted molar refractivity (Wildman–Crippen MR) is 55.1 cm³/mol. The molecule has 2 unspecified atom stereocenters. The Morgan fingerprint density at radius 2 is 2.38 bits per heavy atom. The van der Waals surface area contributed by atoms with Crippen molar-refractivity contribution in [2.75, 3.05) is 6.16 Å². The lowest BCUT2D eigenvalue weighted by molar-refractivity contribution is 0.471. The molecule has 0 heterocycles. The molecular weight excluding hydrogens is 185 g/mol. The molecule has 1 rings (SSSR count). The van der Waals surface area contributed by atoms with Gasteiger partial charge in [-0.3, -0.25) is 4.57 Å². The molecule has 13 heavy (non-hydrogen) atoms. The second-order valence-corrected chi connectivity index (χ2v) is 6.90. The first-order valence-corrected chi connectivity index (χ1v) is 6.60. The van der Waals surface area contributed by atoms with E-state index < -0.39 is 7.37 Å². The predicted octanol–water partition coefficient (Wildman–Crippen LogP) is 1.71. The average Bonchev–Trinajstić information content (AvgIpc) is 2.34. The molecule has 0 aliphatic heterocycles. The molecule has 3 nitrogen and oxygen atoms in total. The number of rotatable bonds is 3. The molecule has 76 valence electrons. The monoisotopic (exact) mass is 203 g/mol. The van der Waals surface area contributed by atoms with Crippen LogP contribution in [0.2, 0.25) is 0 Å². The minimum absolute atomic E-state index is 0.0992. The highest BCUT2D eigenvalue weighted by Crippen LogP contribution is 2.48. The fourth-order valence-corrected chi connectivity index (χ4v) is 2.64. The zero-order valence-corrected chi connectivity index (χ0v) is 9.13. The Kier molecular flexibility index (Phi) is 3.33. The third kappa shape index (κ3) is 2.94. The third-order valence-corrected chi connectivity index (χ3v) is 4.96. The van der Waals surface area contributed by atoms with Gasteiger partial charge in [-0.2, -0.15) is 0 Å². The van der Waals surface area contributed by atoms with Crippen LogP contribution in [0, 0.1) is 0 Å². The summed E-state index contributed by atoms with van der Waals surface area (Å²) < 4.78 is 11.7. The number of nitrogens with two attached hydrogens (primary N) is 1. The zero-order valence-electron chi connectivity index (χ0n) is 8.23. The minimum atomic E-state index is -2.96. The molecule has 1 aliphatic carbocycles. The van der Waals surface area contributed by atoms with Crippen LogP contribution in [0.15, 0.2) is 11.6 Å². The van der Waals surface area contributed by atoms with E-state index in [1.165, 1.54) is 0 Å². The molecule has 3 N–H and O–H groups in total. The lowest BCUT2D eigenvalue weighted by Gasteiger charge is -2.15. The van der Waals surface area contributed by atoms with E-state index in [4.69, 9.17) is 5.73 Å². The Balaban J connectivity index is 2.59. The largest absolute Gasteiger partial charge is 0.344 e. The second-order valence-electron chi connectivity index (χ2n) is 4.03. The summed E-state index contributed by atoms with van der Waals surface area (Å²) in [6.07, 6.45) is 4.08. The molecule has 0 spiro atoms. The SMILES string of the molecule is CC(C)P(=O)(O)CC1=CC(N)CC1. The van der Waals surface area contributed by atoms with E-state index in [9.17, 15) is 9.46 Å². The van der Waals surface area contributed by atoms with Crippen LogP contribution in [0.3, 0.4) is 0 Å². The van der Waals surface area contributed by atoms with Gasteiger partial charge in [0.2, 0.25) is 7.37 Å². The molecule has 2 atom stereocenters. The fraction of sp³-hybridized carbons (Fsp3) is 0.778. The minimum Gasteiger partial charge on any atom is -0.344 e. The van der Waals surface area contributed by atoms with E-state index >= 15 is 0 Å². The van der Waals surface area contributed by atoms with Crippen LogP contribution in [-0.2, 0) is 4.57 Å². The maximum atomic E-state index is 11.7. The van der Waals surface area contributed by atoms with E-state index in [0.29, 0.717) is 6.16 Å². The molecule has 0 aromatic carbocycles. The number of allylic oxidation sites excluding steroid dienone is 1. The molecule has 0 aromatic heterocycles. The average molecular weight is 203 g/mol. The molecular formula is C9H18NO2P. The van der Waals surface area contributed by atoms with Crippen molar-refractivity contribution in [1.82, 2.24) is 0 Å². The molecule has 0 amide bonds. The van der Waals surface area contributed by atoms with E-state index in [-0.39, 0.29) is 11.7 Å². The van der Waals surface area contributed by atoms with Crippen LogP contribution in [0.25, 0.3) is 0 Å². The van der Waals surface area contributed by atoms with Crippen LogP contribution < -0.4 is 5.73 Å². The Hall–Kier alpha value is -0.110. The van der Waals surface area contributed by atoms with Gasteiger partial charge in [-0.25, -0.2) is 0 Å². The van der Waals surface area contributed by atoms with Gasteiger partial charge in [0.05, 0.1) is 0 Å². The molecule has 0 radical (unpaired) electrons. The molecule has 0 fully saturated rings. The fourth-order valence-electron chi connectivity index (χ4n) is 1.43. The van der Waals surface area contributed by atoms with Gasteiger partial charge >= 0.3 is 0 Å². The summed E-state index contributed by atoms with van der Waals surface area (Å²) in [6, 6.07) is 0.0992. The van der Waals surface area contributed by atoms with Crippen LogP contribution in [0.5, 0.6) is 0 Å². The van der Waals surface area contributed by atoms with Crippen molar-refractivity contribution < 1.29 is 9.46 Å². The highest BCUT2D eigenvalue weighted by Gasteiger charge is 2.26. The molecule has 4 heteroatoms. The van der Waals surface area contributed by atoms with Crippen LogP contribution in [0.1, 0.15) is 26.7 Å². The van der Waals surface area contributed by atoms with Crippen LogP contribution in [0.4, 0.5) is 0 Å². The quantitative estimate of drug-likeness (QED) is 0.542. The normalized spacial score (nSPS) is 27.5. The molecule has 0 bridgehead atoms. The maximum Gasteiger partial charge on any atom is 0.206 e. The van der Waals surface area contributed by atoms with Crippen molar-refractivity contribution in [3.8, 4) is 0 Å². The Morgan fingerprint density at radius 3 is 2.77 bits per heavy atom. The lowest BCUT2D eigenvalue weighted by Crippen LogP contribution is -2.11. The zero-order chi connectivity index (χ0) is 10.1. The van der Waals surface area contributed by atoms with Crippen molar-refractivity contribution in [2.24, 2.45) is 5.73 Å². The van der Waals surface area contributed by atoms with Crippen LogP contribution >= 0.6 is 7.37 Å². The van der Waals surface area contributed by atoms with Crippen molar-refractivity contribution in [1.29, 1.82) is 0 Å². The first kappa shape index (κ1) is 11.0. The van der Waals surface area contributed by atoms with Gasteiger partial charge in [0, 0.05) is 17.9 Å². The lowest BCUT2D eigenvalue weighted by atomic mass is 10.2. The first-order valence-electron chi connectivity index (χ1n) is 4.68. The summed E-state index contributed by atoms with van der Waals surface area (Å²) in [6.45, 7) is 3.58. The van der Waals surface area contributed by atoms with E-state index in [0.717, 1.165) is 18.4 Å². The van der Waals surface area contributed by atoms with Crippen molar-refractivity contribution in [3.05, 3.63) is 11.6 Å². The summed E-state index contributed by atoms with van der Waals surface area (Å²) >= 11 is 0. The summed E-state index contributed by atoms with van der Waals surface area (Å²) in [4.78, 5) is 9.61. The van der Waals surface area contributed by atoms with Crippen molar-refractivity contribution >= 4 is 7.37 Å². The van der Waals surface area contributed by atoms with Gasteiger partial charge in [-0.05, 0) is 12.8 Å². The summed E-state index contributed by atoms with van der Waals surface area (Å²) in [5.41, 5.74) is 6.59. The third-order valence-electron chi connectivity index (χ3n) is 2.49. The molecule has 0 saturated heterocycles. The maximum absolute atomic E-state index is 11.7. The Morgan fingerprint density at radius 1 is 1.77 bits per heavy atom. The van der Waals surface area contributed by atoms with Gasteiger partial charge in [-0.15, -0.1) is 0 Å². The van der Waals surface area contributed by atoms with Gasteiger partial charge in [0.25, 0.3) is 0 Å². The summed E-state index contributed by atoms with van der Waals surface area (Å²) in [5.74, 6) is 0. The Labute approximate surface area is 79.5 Å². The summed E-state index contributed by atoms with van der Waals surface area (Å²) in [5, 5.41) is 0. The van der Waals surface area contributed by atoms with Gasteiger partial charge in [0.15, 0.2) is 0 Å². The first-order chi connectivity index (χ1) is 5.92. The highest BCUT2D eigenvalue weighted by atomic mass is 31.2. The number of hydrogen-bond donors (Lipinski definition) is 2. The van der Waals surface area contributed by atoms with Gasteiger partial charge < -0.3 is 10.6 Å². The van der Waals surface area contributed by atoms with Crippen LogP contribution in [-0.4, -0.2) is 22.8 Å². The molecule has 0 saturated carbocycles. The highest BCUT2D eigenvalue weighted by molar-refractivity contribution is 7.58. The second kappa shape index (κ2) is 3.95. The van der Waals surface area contributed by atoms with E-state index in [1.807, 2.05) is 6.08 Å². The summed E-state index contributed by atoms with van der Waals surface area (Å²) in [7, 11) is -2.96. The van der Waals surface area contributed by atoms with Crippen molar-refractivity contribution in [2.45, 2.75) is 38.4 Å². The van der Waals surface area contributed by atoms with Crippen molar-refractivity contribution in [3.63, 3.8) is 0 Å². The van der Waals surface area contributed by atoms with E-state index in [1.54, 1.807) is 13.8 Å². The van der Waals surface area contributed by atoms with E-state index in [2.05, 4.69) is 0 Å². The molecule has 0 aromatic rings.